The van der Waals surface area contributed by atoms with E-state index in [1.54, 1.807) is 60.8 Å². The third-order valence-corrected chi connectivity index (χ3v) is 12.7. The van der Waals surface area contributed by atoms with E-state index in [0.29, 0.717) is 74.8 Å². The molecule has 0 spiro atoms. The standard InChI is InChI=1S/C44H37N7O8S2/c1-22(2)49(44(60)48-23-4-7-26(29(16-23)43(54)55)37-27-8-5-24(52)17-32(27)59-33-18-25(53)6-9-28(33)37)13-3-14-50-31-10-11-46-39(45)38(31)51-41(50)42(51)61-36-20-35-34(57-21-58-35)19-30(36)40-47-12-15-56-40/h4-12,15-20,22,41-42,52H,3,13-14,21H2,1-2H3,(H2,45,46)(H,48,60)(H,54,55). The predicted octanol–water partition coefficient (Wildman–Crippen LogP) is 7.91. The van der Waals surface area contributed by atoms with Crippen molar-refractivity contribution in [2.75, 3.05) is 40.7 Å². The molecule has 0 radical (unpaired) electrons. The Morgan fingerprint density at radius 2 is 1.84 bits per heavy atom. The Bertz CT molecular complexity index is 2920. The molecular weight excluding hydrogens is 819 g/mol. The molecule has 308 valence electrons. The molecule has 2 atom stereocenters. The van der Waals surface area contributed by atoms with E-state index in [2.05, 4.69) is 43.8 Å². The SMILES string of the molecule is CC(C)N(CCCN1c2ccnc(N)c2N2C(Sc3cc4c(cc3-c3ncco3)OCO4)C12)C(=S)Nc1ccc(-c2c3ccc(=O)cc-3oc3cc(O)ccc23)c(C(=O)O)c1. The van der Waals surface area contributed by atoms with Crippen molar-refractivity contribution in [2.24, 2.45) is 0 Å². The normalized spacial score (nSPS) is 16.0. The minimum Gasteiger partial charge on any atom is -0.508 e. The molecule has 3 aromatic carbocycles. The zero-order valence-electron chi connectivity index (χ0n) is 32.7. The van der Waals surface area contributed by atoms with Gasteiger partial charge in [0.25, 0.3) is 0 Å². The second-order valence-corrected chi connectivity index (χ2v) is 16.6. The number of thioether (sulfide) groups is 1. The maximum Gasteiger partial charge on any atom is 0.336 e. The minimum atomic E-state index is -1.15. The van der Waals surface area contributed by atoms with Gasteiger partial charge >= 0.3 is 5.97 Å². The smallest absolute Gasteiger partial charge is 0.336 e. The van der Waals surface area contributed by atoms with Crippen LogP contribution in [-0.2, 0) is 0 Å². The van der Waals surface area contributed by atoms with Crippen molar-refractivity contribution < 1.29 is 33.3 Å². The Morgan fingerprint density at radius 1 is 1.02 bits per heavy atom. The second-order valence-electron chi connectivity index (χ2n) is 15.1. The molecule has 5 aromatic rings. The maximum atomic E-state index is 12.9. The van der Waals surface area contributed by atoms with Crippen LogP contribution in [0.4, 0.5) is 22.9 Å². The highest BCUT2D eigenvalue weighted by Crippen LogP contribution is 2.59. The summed E-state index contributed by atoms with van der Waals surface area (Å²) in [7, 11) is 0. The summed E-state index contributed by atoms with van der Waals surface area (Å²) in [4.78, 5) is 41.6. The molecule has 61 heavy (non-hydrogen) atoms. The van der Waals surface area contributed by atoms with Crippen molar-refractivity contribution in [3.8, 4) is 51.2 Å². The second kappa shape index (κ2) is 14.9. The van der Waals surface area contributed by atoms with Crippen LogP contribution in [-0.4, -0.2) is 73.6 Å². The quantitative estimate of drug-likeness (QED) is 0.0557. The number of nitrogens with two attached hydrogens (primary N) is 1. The van der Waals surface area contributed by atoms with Gasteiger partial charge in [0.15, 0.2) is 22.0 Å². The molecule has 5 N–H and O–H groups in total. The van der Waals surface area contributed by atoms with E-state index in [1.165, 1.54) is 24.3 Å². The number of phenols is 1. The van der Waals surface area contributed by atoms with Gasteiger partial charge in [0, 0.05) is 64.6 Å². The number of aromatic carboxylic acids is 1. The van der Waals surface area contributed by atoms with Crippen molar-refractivity contribution >= 4 is 68.9 Å². The number of phenolic OH excluding ortho intramolecular Hbond substituents is 1. The van der Waals surface area contributed by atoms with Crippen LogP contribution < -0.4 is 35.8 Å². The number of nitrogens with zero attached hydrogens (tertiary/aromatic N) is 5. The van der Waals surface area contributed by atoms with E-state index >= 15 is 0 Å². The monoisotopic (exact) mass is 855 g/mol. The number of hydrogen-bond acceptors (Lipinski definition) is 14. The van der Waals surface area contributed by atoms with Gasteiger partial charge in [-0.2, -0.15) is 0 Å². The fourth-order valence-electron chi connectivity index (χ4n) is 8.27. The average Bonchev–Trinajstić information content (AvgIpc) is 3.65. The Kier molecular flexibility index (Phi) is 9.36. The number of fused-ring (bicyclic) bond motifs is 6. The first-order valence-electron chi connectivity index (χ1n) is 19.5. The number of hydrogen-bond donors (Lipinski definition) is 4. The predicted molar refractivity (Wildman–Crippen MR) is 236 cm³/mol. The molecule has 2 aromatic heterocycles. The number of rotatable bonds is 11. The molecule has 1 saturated heterocycles. The lowest BCUT2D eigenvalue weighted by Gasteiger charge is -2.31. The van der Waals surface area contributed by atoms with Crippen molar-refractivity contribution in [3.05, 3.63) is 107 Å². The summed E-state index contributed by atoms with van der Waals surface area (Å²) < 4.78 is 23.1. The van der Waals surface area contributed by atoms with Gasteiger partial charge in [-0.1, -0.05) is 17.8 Å². The molecule has 0 amide bonds. The summed E-state index contributed by atoms with van der Waals surface area (Å²) in [5, 5.41) is 25.1. The van der Waals surface area contributed by atoms with Gasteiger partial charge in [-0.15, -0.1) is 0 Å². The maximum absolute atomic E-state index is 12.9. The number of ether oxygens (including phenoxy) is 2. The number of oxazole rings is 1. The van der Waals surface area contributed by atoms with Crippen molar-refractivity contribution in [1.82, 2.24) is 14.9 Å². The number of carboxylic acid groups (broad SMARTS) is 1. The van der Waals surface area contributed by atoms with Gasteiger partial charge in [0.2, 0.25) is 12.7 Å². The number of nitrogen functional groups attached to an aromatic ring is 1. The van der Waals surface area contributed by atoms with Gasteiger partial charge in [-0.3, -0.25) is 4.79 Å². The van der Waals surface area contributed by atoms with Crippen LogP contribution in [0.2, 0.25) is 0 Å². The van der Waals surface area contributed by atoms with Crippen molar-refractivity contribution in [2.45, 2.75) is 42.7 Å². The molecule has 1 aliphatic carbocycles. The van der Waals surface area contributed by atoms with Gasteiger partial charge in [0.1, 0.15) is 46.4 Å². The summed E-state index contributed by atoms with van der Waals surface area (Å²) in [6.07, 6.45) is 5.67. The van der Waals surface area contributed by atoms with E-state index in [9.17, 15) is 19.8 Å². The third-order valence-electron chi connectivity index (χ3n) is 11.1. The largest absolute Gasteiger partial charge is 0.508 e. The number of benzene rings is 4. The number of anilines is 4. The van der Waals surface area contributed by atoms with Crippen LogP contribution in [0.3, 0.4) is 0 Å². The van der Waals surface area contributed by atoms with E-state index in [-0.39, 0.29) is 46.9 Å². The molecule has 10 rings (SSSR count). The molecule has 17 heteroatoms. The minimum absolute atomic E-state index is 0.0214. The highest BCUT2D eigenvalue weighted by molar-refractivity contribution is 8.00. The Morgan fingerprint density at radius 3 is 2.62 bits per heavy atom. The Balaban J connectivity index is 0.875. The van der Waals surface area contributed by atoms with Crippen LogP contribution >= 0.6 is 24.0 Å². The van der Waals surface area contributed by atoms with Crippen molar-refractivity contribution in [1.29, 1.82) is 0 Å². The number of nitrogens with one attached hydrogen (secondary N) is 1. The zero-order valence-corrected chi connectivity index (χ0v) is 34.3. The molecule has 1 fully saturated rings. The average molecular weight is 856 g/mol. The Hall–Kier alpha value is -6.98. The van der Waals surface area contributed by atoms with E-state index in [4.69, 9.17) is 36.3 Å². The van der Waals surface area contributed by atoms with Gasteiger partial charge in [0.05, 0.1) is 23.0 Å². The lowest BCUT2D eigenvalue weighted by molar-refractivity contribution is 0.0697. The van der Waals surface area contributed by atoms with Gasteiger partial charge in [-0.25, -0.2) is 14.8 Å². The molecule has 2 unspecified atom stereocenters. The summed E-state index contributed by atoms with van der Waals surface area (Å²) in [5.74, 6) is 1.37. The summed E-state index contributed by atoms with van der Waals surface area (Å²) >= 11 is 7.65. The van der Waals surface area contributed by atoms with Crippen molar-refractivity contribution in [3.63, 3.8) is 0 Å². The van der Waals surface area contributed by atoms with Gasteiger partial charge in [-0.05, 0) is 92.6 Å². The molecular formula is C44H37N7O8S2. The zero-order chi connectivity index (χ0) is 42.1. The number of thiocarbonyl (C=S) groups is 1. The van der Waals surface area contributed by atoms with Crippen LogP contribution in [0, 0.1) is 0 Å². The first-order valence-corrected chi connectivity index (χ1v) is 20.8. The summed E-state index contributed by atoms with van der Waals surface area (Å²) in [6.45, 7) is 5.58. The first-order chi connectivity index (χ1) is 29.5. The number of pyridine rings is 1. The van der Waals surface area contributed by atoms with E-state index < -0.39 is 5.97 Å². The lowest BCUT2D eigenvalue weighted by Crippen LogP contribution is -2.41. The fourth-order valence-corrected chi connectivity index (χ4v) is 10.1. The van der Waals surface area contributed by atoms with E-state index in [0.717, 1.165) is 28.3 Å². The molecule has 4 aliphatic heterocycles. The molecule has 0 bridgehead atoms. The first kappa shape index (κ1) is 38.2. The summed E-state index contributed by atoms with van der Waals surface area (Å²) in [6, 6.07) is 20.0. The lowest BCUT2D eigenvalue weighted by atomic mass is 9.90. The highest BCUT2D eigenvalue weighted by Gasteiger charge is 2.59. The molecule has 5 aliphatic rings. The van der Waals surface area contributed by atoms with Crippen LogP contribution in [0.5, 0.6) is 17.2 Å². The fraction of sp³-hybridized carbons (Fsp3) is 0.205. The van der Waals surface area contributed by atoms with Gasteiger partial charge < -0.3 is 54.3 Å². The summed E-state index contributed by atoms with van der Waals surface area (Å²) in [5.41, 5.74) is 11.3. The highest BCUT2D eigenvalue weighted by atomic mass is 32.2. The third kappa shape index (κ3) is 6.75. The van der Waals surface area contributed by atoms with Crippen LogP contribution in [0.25, 0.3) is 44.9 Å². The number of aromatic nitrogens is 2. The van der Waals surface area contributed by atoms with E-state index in [1.807, 2.05) is 18.2 Å². The number of carboxylic acids is 1. The van der Waals surface area contributed by atoms with Crippen LogP contribution in [0.1, 0.15) is 30.6 Å². The van der Waals surface area contributed by atoms with Crippen LogP contribution in [0.15, 0.2) is 110 Å². The topological polar surface area (TPSA) is 193 Å². The molecule has 6 heterocycles. The molecule has 0 saturated carbocycles. The molecule has 15 nitrogen and oxygen atoms in total. The number of aromatic hydroxyl groups is 1. The Labute approximate surface area is 357 Å². The number of carbonyl (C=O) groups is 1.